The highest BCUT2D eigenvalue weighted by molar-refractivity contribution is 5.79. The fourth-order valence-electron chi connectivity index (χ4n) is 3.24. The smallest absolute Gasteiger partial charge is 0.227 e. The standard InChI is InChI=1S/C15H29N3O2/c1-3-7-16-14-11-20-10-13(14)15(19)17-9-12-6-5-8-18(12)4-2/h12-14,16H,3-11H2,1-2H3,(H,17,19). The van der Waals surface area contributed by atoms with Crippen LogP contribution in [0.2, 0.25) is 0 Å². The molecule has 1 amide bonds. The van der Waals surface area contributed by atoms with Crippen LogP contribution >= 0.6 is 0 Å². The predicted octanol–water partition coefficient (Wildman–Crippen LogP) is 0.602. The van der Waals surface area contributed by atoms with Crippen LogP contribution in [-0.4, -0.2) is 62.3 Å². The molecule has 2 fully saturated rings. The van der Waals surface area contributed by atoms with E-state index in [-0.39, 0.29) is 17.9 Å². The quantitative estimate of drug-likeness (QED) is 0.718. The molecule has 2 saturated heterocycles. The molecule has 3 unspecified atom stereocenters. The lowest BCUT2D eigenvalue weighted by Crippen LogP contribution is -2.47. The first-order valence-electron chi connectivity index (χ1n) is 8.09. The summed E-state index contributed by atoms with van der Waals surface area (Å²) < 4.78 is 5.47. The average Bonchev–Trinajstić information content (AvgIpc) is 3.10. The lowest BCUT2D eigenvalue weighted by molar-refractivity contribution is -0.125. The highest BCUT2D eigenvalue weighted by atomic mass is 16.5. The average molecular weight is 283 g/mol. The van der Waals surface area contributed by atoms with Crippen molar-refractivity contribution in [2.24, 2.45) is 5.92 Å². The van der Waals surface area contributed by atoms with Crippen LogP contribution in [0.15, 0.2) is 0 Å². The van der Waals surface area contributed by atoms with Crippen LogP contribution in [0.3, 0.4) is 0 Å². The summed E-state index contributed by atoms with van der Waals surface area (Å²) in [7, 11) is 0. The van der Waals surface area contributed by atoms with E-state index in [4.69, 9.17) is 4.74 Å². The zero-order valence-corrected chi connectivity index (χ0v) is 12.9. The molecule has 0 spiro atoms. The molecule has 2 aliphatic rings. The number of likely N-dealkylation sites (tertiary alicyclic amines) is 1. The Balaban J connectivity index is 1.76. The number of nitrogens with zero attached hydrogens (tertiary/aromatic N) is 1. The van der Waals surface area contributed by atoms with Crippen LogP contribution in [0.5, 0.6) is 0 Å². The summed E-state index contributed by atoms with van der Waals surface area (Å²) in [6.45, 7) is 9.51. The molecule has 0 saturated carbocycles. The summed E-state index contributed by atoms with van der Waals surface area (Å²) in [5, 5.41) is 6.55. The summed E-state index contributed by atoms with van der Waals surface area (Å²) in [6, 6.07) is 0.703. The van der Waals surface area contributed by atoms with Crippen molar-refractivity contribution < 1.29 is 9.53 Å². The lowest BCUT2D eigenvalue weighted by Gasteiger charge is -2.24. The summed E-state index contributed by atoms with van der Waals surface area (Å²) in [6.07, 6.45) is 3.53. The van der Waals surface area contributed by atoms with Gasteiger partial charge in [-0.15, -0.1) is 0 Å². The number of likely N-dealkylation sites (N-methyl/N-ethyl adjacent to an activating group) is 1. The molecular formula is C15H29N3O2. The number of hydrogen-bond donors (Lipinski definition) is 2. The second-order valence-electron chi connectivity index (χ2n) is 5.87. The monoisotopic (exact) mass is 283 g/mol. The highest BCUT2D eigenvalue weighted by Crippen LogP contribution is 2.17. The third-order valence-electron chi connectivity index (χ3n) is 4.49. The van der Waals surface area contributed by atoms with Gasteiger partial charge in [0.2, 0.25) is 5.91 Å². The molecule has 0 aliphatic carbocycles. The van der Waals surface area contributed by atoms with E-state index in [1.54, 1.807) is 0 Å². The third kappa shape index (κ3) is 3.93. The van der Waals surface area contributed by atoms with Crippen molar-refractivity contribution in [3.63, 3.8) is 0 Å². The van der Waals surface area contributed by atoms with Gasteiger partial charge < -0.3 is 15.4 Å². The van der Waals surface area contributed by atoms with Crippen molar-refractivity contribution in [3.8, 4) is 0 Å². The van der Waals surface area contributed by atoms with Crippen LogP contribution < -0.4 is 10.6 Å². The van der Waals surface area contributed by atoms with Crippen molar-refractivity contribution in [2.45, 2.75) is 45.2 Å². The van der Waals surface area contributed by atoms with Gasteiger partial charge in [-0.1, -0.05) is 13.8 Å². The Hall–Kier alpha value is -0.650. The minimum absolute atomic E-state index is 0.0296. The Morgan fingerprint density at radius 3 is 2.95 bits per heavy atom. The number of carbonyl (C=O) groups is 1. The van der Waals surface area contributed by atoms with Crippen LogP contribution in [-0.2, 0) is 9.53 Å². The first kappa shape index (κ1) is 15.7. The number of carbonyl (C=O) groups excluding carboxylic acids is 1. The molecule has 2 N–H and O–H groups in total. The lowest BCUT2D eigenvalue weighted by atomic mass is 10.0. The number of nitrogens with one attached hydrogen (secondary N) is 2. The first-order chi connectivity index (χ1) is 9.76. The topological polar surface area (TPSA) is 53.6 Å². The van der Waals surface area contributed by atoms with Crippen LogP contribution in [0, 0.1) is 5.92 Å². The molecule has 2 aliphatic heterocycles. The first-order valence-corrected chi connectivity index (χ1v) is 8.09. The molecule has 2 rings (SSSR count). The van der Waals surface area contributed by atoms with E-state index in [9.17, 15) is 4.79 Å². The van der Waals surface area contributed by atoms with E-state index in [2.05, 4.69) is 29.4 Å². The van der Waals surface area contributed by atoms with E-state index < -0.39 is 0 Å². The highest BCUT2D eigenvalue weighted by Gasteiger charge is 2.34. The van der Waals surface area contributed by atoms with Gasteiger partial charge in [0.15, 0.2) is 0 Å². The molecule has 0 aromatic rings. The molecular weight excluding hydrogens is 254 g/mol. The number of hydrogen-bond acceptors (Lipinski definition) is 4. The van der Waals surface area contributed by atoms with Crippen molar-refractivity contribution >= 4 is 5.91 Å². The van der Waals surface area contributed by atoms with Gasteiger partial charge in [-0.2, -0.15) is 0 Å². The summed E-state index contributed by atoms with van der Waals surface area (Å²) in [4.78, 5) is 14.8. The summed E-state index contributed by atoms with van der Waals surface area (Å²) in [5.74, 6) is 0.122. The zero-order valence-electron chi connectivity index (χ0n) is 12.9. The van der Waals surface area contributed by atoms with Gasteiger partial charge in [0, 0.05) is 18.6 Å². The molecule has 0 bridgehead atoms. The van der Waals surface area contributed by atoms with E-state index in [0.29, 0.717) is 19.3 Å². The van der Waals surface area contributed by atoms with Gasteiger partial charge in [0.05, 0.1) is 19.1 Å². The molecule has 5 nitrogen and oxygen atoms in total. The van der Waals surface area contributed by atoms with Crippen molar-refractivity contribution in [3.05, 3.63) is 0 Å². The van der Waals surface area contributed by atoms with E-state index in [0.717, 1.165) is 26.1 Å². The number of ether oxygens (including phenoxy) is 1. The van der Waals surface area contributed by atoms with E-state index >= 15 is 0 Å². The zero-order chi connectivity index (χ0) is 14.4. The van der Waals surface area contributed by atoms with E-state index in [1.807, 2.05) is 0 Å². The second-order valence-corrected chi connectivity index (χ2v) is 5.87. The largest absolute Gasteiger partial charge is 0.379 e. The Bertz CT molecular complexity index is 311. The molecule has 116 valence electrons. The maximum atomic E-state index is 12.3. The Kier molecular flexibility index (Phi) is 6.26. The van der Waals surface area contributed by atoms with Crippen LogP contribution in [0.4, 0.5) is 0 Å². The van der Waals surface area contributed by atoms with Gasteiger partial charge in [0.25, 0.3) is 0 Å². The minimum atomic E-state index is -0.0296. The molecule has 3 atom stereocenters. The third-order valence-corrected chi connectivity index (χ3v) is 4.49. The van der Waals surface area contributed by atoms with E-state index in [1.165, 1.54) is 19.4 Å². The normalized spacial score (nSPS) is 30.8. The van der Waals surface area contributed by atoms with Crippen LogP contribution in [0.25, 0.3) is 0 Å². The Labute approximate surface area is 122 Å². The number of amides is 1. The maximum Gasteiger partial charge on any atom is 0.227 e. The fourth-order valence-corrected chi connectivity index (χ4v) is 3.24. The number of rotatable bonds is 7. The molecule has 2 heterocycles. The van der Waals surface area contributed by atoms with Gasteiger partial charge in [-0.05, 0) is 38.9 Å². The minimum Gasteiger partial charge on any atom is -0.379 e. The molecule has 0 aromatic carbocycles. The summed E-state index contributed by atoms with van der Waals surface area (Å²) in [5.41, 5.74) is 0. The van der Waals surface area contributed by atoms with Gasteiger partial charge in [0.1, 0.15) is 0 Å². The second kappa shape index (κ2) is 7.96. The Morgan fingerprint density at radius 2 is 2.20 bits per heavy atom. The molecule has 20 heavy (non-hydrogen) atoms. The van der Waals surface area contributed by atoms with Gasteiger partial charge in [-0.3, -0.25) is 9.69 Å². The van der Waals surface area contributed by atoms with Gasteiger partial charge >= 0.3 is 0 Å². The van der Waals surface area contributed by atoms with Crippen LogP contribution in [0.1, 0.15) is 33.1 Å². The molecule has 5 heteroatoms. The van der Waals surface area contributed by atoms with Gasteiger partial charge in [-0.25, -0.2) is 0 Å². The molecule has 0 radical (unpaired) electrons. The Morgan fingerprint density at radius 1 is 1.35 bits per heavy atom. The fraction of sp³-hybridized carbons (Fsp3) is 0.933. The predicted molar refractivity (Wildman–Crippen MR) is 79.7 cm³/mol. The summed E-state index contributed by atoms with van der Waals surface area (Å²) >= 11 is 0. The van der Waals surface area contributed by atoms with Crippen molar-refractivity contribution in [2.75, 3.05) is 39.4 Å². The van der Waals surface area contributed by atoms with Crippen molar-refractivity contribution in [1.82, 2.24) is 15.5 Å². The molecule has 0 aromatic heterocycles. The SMILES string of the molecule is CCCNC1COCC1C(=O)NCC1CCCN1CC. The maximum absolute atomic E-state index is 12.3. The van der Waals surface area contributed by atoms with Crippen molar-refractivity contribution in [1.29, 1.82) is 0 Å².